The predicted octanol–water partition coefficient (Wildman–Crippen LogP) is 5.07. The summed E-state index contributed by atoms with van der Waals surface area (Å²) in [7, 11) is 1.71. The fourth-order valence-corrected chi connectivity index (χ4v) is 2.74. The first-order valence-electron chi connectivity index (χ1n) is 6.38. The molecular weight excluding hydrogens is 357 g/mol. The third-order valence-electron chi connectivity index (χ3n) is 3.39. The topological polar surface area (TPSA) is 20.3 Å². The van der Waals surface area contributed by atoms with Crippen LogP contribution in [0.2, 0.25) is 5.02 Å². The predicted molar refractivity (Wildman–Crippen MR) is 86.1 cm³/mol. The fraction of sp³-hybridized carbons (Fsp3) is 0.188. The van der Waals surface area contributed by atoms with Gasteiger partial charge >= 0.3 is 0 Å². The lowest BCUT2D eigenvalue weighted by Gasteiger charge is -2.26. The molecule has 1 amide bonds. The van der Waals surface area contributed by atoms with Crippen LogP contribution in [0.25, 0.3) is 0 Å². The van der Waals surface area contributed by atoms with Gasteiger partial charge in [-0.3, -0.25) is 4.79 Å². The Labute approximate surface area is 136 Å². The van der Waals surface area contributed by atoms with Gasteiger partial charge in [0.15, 0.2) is 0 Å². The number of hydrogen-bond donors (Lipinski definition) is 0. The van der Waals surface area contributed by atoms with Crippen molar-refractivity contribution in [1.29, 1.82) is 0 Å². The number of halogens is 3. The second-order valence-electron chi connectivity index (χ2n) is 4.77. The molecule has 5 heteroatoms. The van der Waals surface area contributed by atoms with E-state index in [9.17, 15) is 9.18 Å². The minimum atomic E-state index is -0.385. The zero-order valence-corrected chi connectivity index (χ0v) is 14.0. The van der Waals surface area contributed by atoms with Crippen molar-refractivity contribution in [1.82, 2.24) is 4.90 Å². The maximum atomic E-state index is 13.1. The van der Waals surface area contributed by atoms with Gasteiger partial charge in [-0.2, -0.15) is 0 Å². The van der Waals surface area contributed by atoms with Crippen LogP contribution in [0.3, 0.4) is 0 Å². The Morgan fingerprint density at radius 2 is 2.00 bits per heavy atom. The van der Waals surface area contributed by atoms with Crippen molar-refractivity contribution in [2.45, 2.75) is 13.0 Å². The van der Waals surface area contributed by atoms with Crippen LogP contribution >= 0.6 is 27.5 Å². The summed E-state index contributed by atoms with van der Waals surface area (Å²) in [6.07, 6.45) is 0. The average molecular weight is 371 g/mol. The van der Waals surface area contributed by atoms with E-state index in [-0.39, 0.29) is 17.8 Å². The van der Waals surface area contributed by atoms with Crippen molar-refractivity contribution >= 4 is 33.4 Å². The Morgan fingerprint density at radius 1 is 1.29 bits per heavy atom. The lowest BCUT2D eigenvalue weighted by atomic mass is 10.1. The van der Waals surface area contributed by atoms with Gasteiger partial charge in [-0.05, 0) is 58.7 Å². The summed E-state index contributed by atoms with van der Waals surface area (Å²) in [6.45, 7) is 1.92. The van der Waals surface area contributed by atoms with Crippen molar-refractivity contribution in [3.8, 4) is 0 Å². The molecule has 2 rings (SSSR count). The van der Waals surface area contributed by atoms with Crippen LogP contribution in [-0.4, -0.2) is 17.9 Å². The zero-order chi connectivity index (χ0) is 15.6. The van der Waals surface area contributed by atoms with Crippen LogP contribution < -0.4 is 0 Å². The maximum Gasteiger partial charge on any atom is 0.255 e. The maximum absolute atomic E-state index is 13.1. The van der Waals surface area contributed by atoms with Crippen LogP contribution in [0.4, 0.5) is 4.39 Å². The molecule has 0 aromatic heterocycles. The molecule has 1 unspecified atom stereocenters. The summed E-state index contributed by atoms with van der Waals surface area (Å²) in [5.74, 6) is -0.571. The van der Waals surface area contributed by atoms with Gasteiger partial charge < -0.3 is 4.90 Å². The molecule has 0 N–H and O–H groups in total. The SMILES string of the molecule is CC(c1cccc(Cl)c1)N(C)C(=O)c1ccc(F)cc1Br. The summed E-state index contributed by atoms with van der Waals surface area (Å²) in [6, 6.07) is 11.3. The lowest BCUT2D eigenvalue weighted by Crippen LogP contribution is -2.30. The van der Waals surface area contributed by atoms with Gasteiger partial charge in [0.25, 0.3) is 5.91 Å². The number of nitrogens with zero attached hydrogens (tertiary/aromatic N) is 1. The van der Waals surface area contributed by atoms with Gasteiger partial charge in [-0.1, -0.05) is 23.7 Å². The first-order valence-corrected chi connectivity index (χ1v) is 7.55. The van der Waals surface area contributed by atoms with Crippen molar-refractivity contribution in [3.05, 3.63) is 68.9 Å². The quantitative estimate of drug-likeness (QED) is 0.738. The van der Waals surface area contributed by atoms with E-state index in [4.69, 9.17) is 11.6 Å². The molecule has 2 nitrogen and oxygen atoms in total. The molecule has 0 aliphatic carbocycles. The Bertz CT molecular complexity index is 677. The summed E-state index contributed by atoms with van der Waals surface area (Å²) in [4.78, 5) is 14.1. The zero-order valence-electron chi connectivity index (χ0n) is 11.6. The van der Waals surface area contributed by atoms with Crippen molar-refractivity contribution in [2.75, 3.05) is 7.05 Å². The molecule has 0 aliphatic heterocycles. The van der Waals surface area contributed by atoms with Crippen LogP contribution in [0.5, 0.6) is 0 Å². The highest BCUT2D eigenvalue weighted by Crippen LogP contribution is 2.26. The van der Waals surface area contributed by atoms with E-state index < -0.39 is 0 Å². The van der Waals surface area contributed by atoms with Crippen LogP contribution in [0, 0.1) is 5.82 Å². The molecule has 2 aromatic rings. The molecule has 21 heavy (non-hydrogen) atoms. The Balaban J connectivity index is 2.26. The first kappa shape index (κ1) is 16.0. The largest absolute Gasteiger partial charge is 0.335 e. The van der Waals surface area contributed by atoms with Gasteiger partial charge in [0.05, 0.1) is 11.6 Å². The Hall–Kier alpha value is -1.39. The van der Waals surface area contributed by atoms with E-state index in [1.165, 1.54) is 18.2 Å². The molecule has 0 aliphatic rings. The standard InChI is InChI=1S/C16H14BrClFNO/c1-10(11-4-3-5-12(18)8-11)20(2)16(21)14-7-6-13(19)9-15(14)17/h3-10H,1-2H3. The van der Waals surface area contributed by atoms with Crippen LogP contribution in [-0.2, 0) is 0 Å². The molecule has 0 fully saturated rings. The third-order valence-corrected chi connectivity index (χ3v) is 4.29. The van der Waals surface area contributed by atoms with E-state index in [2.05, 4.69) is 15.9 Å². The van der Waals surface area contributed by atoms with E-state index in [1.807, 2.05) is 25.1 Å². The van der Waals surface area contributed by atoms with E-state index >= 15 is 0 Å². The minimum Gasteiger partial charge on any atom is -0.335 e. The fourth-order valence-electron chi connectivity index (χ4n) is 2.02. The average Bonchev–Trinajstić information content (AvgIpc) is 2.45. The molecule has 0 radical (unpaired) electrons. The molecular formula is C16H14BrClFNO. The Kier molecular flexibility index (Phi) is 5.01. The van der Waals surface area contributed by atoms with E-state index in [1.54, 1.807) is 18.0 Å². The van der Waals surface area contributed by atoms with Gasteiger partial charge in [-0.25, -0.2) is 4.39 Å². The first-order chi connectivity index (χ1) is 9.90. The summed E-state index contributed by atoms with van der Waals surface area (Å²) in [5, 5.41) is 0.628. The molecule has 0 saturated heterocycles. The molecule has 2 aromatic carbocycles. The number of amides is 1. The highest BCUT2D eigenvalue weighted by molar-refractivity contribution is 9.10. The number of carbonyl (C=O) groups is 1. The Morgan fingerprint density at radius 3 is 2.62 bits per heavy atom. The monoisotopic (exact) mass is 369 g/mol. The minimum absolute atomic E-state index is 0.145. The lowest BCUT2D eigenvalue weighted by molar-refractivity contribution is 0.0741. The smallest absolute Gasteiger partial charge is 0.255 e. The molecule has 1 atom stereocenters. The number of rotatable bonds is 3. The third kappa shape index (κ3) is 3.63. The second kappa shape index (κ2) is 6.58. The van der Waals surface area contributed by atoms with E-state index in [0.717, 1.165) is 5.56 Å². The van der Waals surface area contributed by atoms with Gasteiger partial charge in [-0.15, -0.1) is 0 Å². The molecule has 0 saturated carbocycles. The second-order valence-corrected chi connectivity index (χ2v) is 6.06. The highest BCUT2D eigenvalue weighted by atomic mass is 79.9. The van der Waals surface area contributed by atoms with E-state index in [0.29, 0.717) is 15.1 Å². The molecule has 0 spiro atoms. The van der Waals surface area contributed by atoms with Crippen molar-refractivity contribution in [3.63, 3.8) is 0 Å². The normalized spacial score (nSPS) is 12.0. The van der Waals surface area contributed by atoms with Crippen LogP contribution in [0.1, 0.15) is 28.9 Å². The van der Waals surface area contributed by atoms with Gasteiger partial charge in [0.1, 0.15) is 5.82 Å². The molecule has 0 bridgehead atoms. The van der Waals surface area contributed by atoms with Gasteiger partial charge in [0, 0.05) is 16.5 Å². The highest BCUT2D eigenvalue weighted by Gasteiger charge is 2.21. The van der Waals surface area contributed by atoms with Crippen molar-refractivity contribution < 1.29 is 9.18 Å². The van der Waals surface area contributed by atoms with Crippen LogP contribution in [0.15, 0.2) is 46.9 Å². The molecule has 0 heterocycles. The summed E-state index contributed by atoms with van der Waals surface area (Å²) in [5.41, 5.74) is 1.37. The van der Waals surface area contributed by atoms with Gasteiger partial charge in [0.2, 0.25) is 0 Å². The number of benzene rings is 2. The molecule has 110 valence electrons. The number of hydrogen-bond acceptors (Lipinski definition) is 1. The van der Waals surface area contributed by atoms with Crippen molar-refractivity contribution in [2.24, 2.45) is 0 Å². The summed E-state index contributed by atoms with van der Waals surface area (Å²) >= 11 is 9.20. The number of carbonyl (C=O) groups excluding carboxylic acids is 1. The summed E-state index contributed by atoms with van der Waals surface area (Å²) < 4.78 is 13.6.